The van der Waals surface area contributed by atoms with Crippen molar-refractivity contribution < 1.29 is 13.9 Å². The van der Waals surface area contributed by atoms with E-state index >= 15 is 0 Å². The minimum atomic E-state index is -0.142. The molecule has 3 aromatic rings. The van der Waals surface area contributed by atoms with E-state index in [1.807, 2.05) is 50.2 Å². The van der Waals surface area contributed by atoms with E-state index in [1.165, 1.54) is 0 Å². The Hall–Kier alpha value is -2.86. The number of carbonyl (C=O) groups excluding carboxylic acids is 1. The smallest absolute Gasteiger partial charge is 0.261 e. The van der Waals surface area contributed by atoms with Crippen LogP contribution in [-0.4, -0.2) is 33.7 Å². The summed E-state index contributed by atoms with van der Waals surface area (Å²) in [6.45, 7) is 6.10. The summed E-state index contributed by atoms with van der Waals surface area (Å²) in [5.41, 5.74) is 1.84. The highest BCUT2D eigenvalue weighted by molar-refractivity contribution is 6.30. The Balaban J connectivity index is 1.67. The molecule has 1 amide bonds. The van der Waals surface area contributed by atoms with Gasteiger partial charge in [-0.1, -0.05) is 36.7 Å². The Labute approximate surface area is 175 Å². The number of carbonyl (C=O) groups is 1. The Kier molecular flexibility index (Phi) is 6.88. The van der Waals surface area contributed by atoms with E-state index in [0.29, 0.717) is 16.8 Å². The predicted octanol–water partition coefficient (Wildman–Crippen LogP) is 4.77. The Morgan fingerprint density at radius 2 is 1.86 bits per heavy atom. The normalized spacial score (nSPS) is 10.9. The van der Waals surface area contributed by atoms with Gasteiger partial charge in [0.15, 0.2) is 6.61 Å². The minimum Gasteiger partial charge on any atom is -0.483 e. The molecule has 7 heteroatoms. The second kappa shape index (κ2) is 9.56. The number of amides is 1. The molecule has 152 valence electrons. The van der Waals surface area contributed by atoms with Crippen LogP contribution in [0.3, 0.4) is 0 Å². The summed E-state index contributed by atoms with van der Waals surface area (Å²) in [5, 5.41) is 8.79. The number of rotatable bonds is 8. The first-order valence-corrected chi connectivity index (χ1v) is 9.94. The fourth-order valence-electron chi connectivity index (χ4n) is 2.89. The average Bonchev–Trinajstić information content (AvgIpc) is 3.19. The molecule has 0 bridgehead atoms. The third kappa shape index (κ3) is 5.35. The van der Waals surface area contributed by atoms with Gasteiger partial charge >= 0.3 is 0 Å². The van der Waals surface area contributed by atoms with Gasteiger partial charge in [0.2, 0.25) is 11.8 Å². The number of nitrogens with zero attached hydrogens (tertiary/aromatic N) is 3. The number of hydrogen-bond acceptors (Lipinski definition) is 5. The van der Waals surface area contributed by atoms with Crippen LogP contribution in [0.4, 0.5) is 0 Å². The van der Waals surface area contributed by atoms with E-state index in [4.69, 9.17) is 20.8 Å². The molecule has 0 fully saturated rings. The Morgan fingerprint density at radius 1 is 1.14 bits per heavy atom. The van der Waals surface area contributed by atoms with E-state index < -0.39 is 0 Å². The van der Waals surface area contributed by atoms with Crippen LogP contribution in [-0.2, 0) is 17.8 Å². The van der Waals surface area contributed by atoms with Crippen LogP contribution in [0.2, 0.25) is 5.02 Å². The van der Waals surface area contributed by atoms with Crippen molar-refractivity contribution in [2.45, 2.75) is 39.8 Å². The number of ether oxygens (including phenoxy) is 1. The number of benzene rings is 2. The monoisotopic (exact) mass is 413 g/mol. The zero-order valence-corrected chi connectivity index (χ0v) is 17.5. The highest BCUT2D eigenvalue weighted by atomic mass is 35.5. The first-order chi connectivity index (χ1) is 14.0. The van der Waals surface area contributed by atoms with Crippen LogP contribution in [0.5, 0.6) is 5.75 Å². The molecule has 6 nitrogen and oxygen atoms in total. The van der Waals surface area contributed by atoms with Crippen molar-refractivity contribution in [3.8, 4) is 17.2 Å². The van der Waals surface area contributed by atoms with Crippen LogP contribution in [0.25, 0.3) is 11.5 Å². The lowest BCUT2D eigenvalue weighted by molar-refractivity contribution is -0.136. The quantitative estimate of drug-likeness (QED) is 0.532. The summed E-state index contributed by atoms with van der Waals surface area (Å²) in [7, 11) is 0. The van der Waals surface area contributed by atoms with Crippen molar-refractivity contribution in [1.82, 2.24) is 15.1 Å². The van der Waals surface area contributed by atoms with Crippen molar-refractivity contribution in [3.05, 3.63) is 65.0 Å². The number of aromatic nitrogens is 2. The lowest BCUT2D eigenvalue weighted by Crippen LogP contribution is -2.39. The zero-order chi connectivity index (χ0) is 20.8. The molecular formula is C22H24ClN3O3. The molecule has 0 atom stereocenters. The maximum atomic E-state index is 12.8. The van der Waals surface area contributed by atoms with Crippen LogP contribution in [0.15, 0.2) is 52.9 Å². The minimum absolute atomic E-state index is 0.0431. The molecule has 0 spiro atoms. The fourth-order valence-corrected chi connectivity index (χ4v) is 3.02. The molecule has 0 unspecified atom stereocenters. The molecule has 3 rings (SSSR count). The first-order valence-electron chi connectivity index (χ1n) is 9.56. The van der Waals surface area contributed by atoms with Gasteiger partial charge in [-0.2, -0.15) is 0 Å². The van der Waals surface area contributed by atoms with Gasteiger partial charge in [0, 0.05) is 16.6 Å². The van der Waals surface area contributed by atoms with Gasteiger partial charge in [-0.15, -0.1) is 10.2 Å². The standard InChI is InChI=1S/C22H24ClN3O3/c1-4-16-7-5-6-8-19(16)28-14-21(27)26(15(2)3)13-20-24-25-22(29-20)17-9-11-18(23)12-10-17/h5-12,15H,4,13-14H2,1-3H3. The molecular weight excluding hydrogens is 390 g/mol. The molecule has 0 saturated heterocycles. The molecule has 0 aliphatic carbocycles. The number of para-hydroxylation sites is 1. The second-order valence-corrected chi connectivity index (χ2v) is 7.31. The van der Waals surface area contributed by atoms with Gasteiger partial charge in [0.25, 0.3) is 5.91 Å². The first kappa shape index (κ1) is 20.9. The number of aryl methyl sites for hydroxylation is 1. The summed E-state index contributed by atoms with van der Waals surface area (Å²) in [6.07, 6.45) is 0.841. The van der Waals surface area contributed by atoms with Crippen molar-refractivity contribution in [2.24, 2.45) is 0 Å². The molecule has 0 aliphatic heterocycles. The topological polar surface area (TPSA) is 68.5 Å². The number of hydrogen-bond donors (Lipinski definition) is 0. The van der Waals surface area contributed by atoms with Crippen molar-refractivity contribution >= 4 is 17.5 Å². The summed E-state index contributed by atoms with van der Waals surface area (Å²) in [5.74, 6) is 1.35. The van der Waals surface area contributed by atoms with Gasteiger partial charge in [0.1, 0.15) is 5.75 Å². The van der Waals surface area contributed by atoms with Crippen molar-refractivity contribution in [3.63, 3.8) is 0 Å². The van der Waals surface area contributed by atoms with Crippen LogP contribution in [0.1, 0.15) is 32.2 Å². The third-order valence-electron chi connectivity index (χ3n) is 4.51. The molecule has 0 N–H and O–H groups in total. The molecule has 1 heterocycles. The highest BCUT2D eigenvalue weighted by Crippen LogP contribution is 2.22. The third-order valence-corrected chi connectivity index (χ3v) is 4.76. The average molecular weight is 414 g/mol. The summed E-state index contributed by atoms with van der Waals surface area (Å²) in [4.78, 5) is 14.4. The summed E-state index contributed by atoms with van der Waals surface area (Å²) in [6, 6.07) is 14.8. The predicted molar refractivity (Wildman–Crippen MR) is 112 cm³/mol. The maximum Gasteiger partial charge on any atom is 0.261 e. The van der Waals surface area contributed by atoms with E-state index in [2.05, 4.69) is 17.1 Å². The lowest BCUT2D eigenvalue weighted by Gasteiger charge is -2.25. The largest absolute Gasteiger partial charge is 0.483 e. The summed E-state index contributed by atoms with van der Waals surface area (Å²) < 4.78 is 11.5. The van der Waals surface area contributed by atoms with E-state index in [1.54, 1.807) is 17.0 Å². The van der Waals surface area contributed by atoms with E-state index in [0.717, 1.165) is 23.3 Å². The molecule has 2 aromatic carbocycles. The van der Waals surface area contributed by atoms with Crippen LogP contribution in [0, 0.1) is 0 Å². The van der Waals surface area contributed by atoms with Gasteiger partial charge in [-0.25, -0.2) is 0 Å². The maximum absolute atomic E-state index is 12.8. The van der Waals surface area contributed by atoms with Gasteiger partial charge < -0.3 is 14.1 Å². The highest BCUT2D eigenvalue weighted by Gasteiger charge is 2.21. The summed E-state index contributed by atoms with van der Waals surface area (Å²) >= 11 is 5.91. The van der Waals surface area contributed by atoms with Gasteiger partial charge in [-0.05, 0) is 56.2 Å². The van der Waals surface area contributed by atoms with Crippen LogP contribution < -0.4 is 4.74 Å². The molecule has 0 radical (unpaired) electrons. The van der Waals surface area contributed by atoms with Crippen molar-refractivity contribution in [2.75, 3.05) is 6.61 Å². The van der Waals surface area contributed by atoms with E-state index in [9.17, 15) is 4.79 Å². The zero-order valence-electron chi connectivity index (χ0n) is 16.8. The van der Waals surface area contributed by atoms with Gasteiger partial charge in [-0.3, -0.25) is 4.79 Å². The lowest BCUT2D eigenvalue weighted by atomic mass is 10.1. The fraction of sp³-hybridized carbons (Fsp3) is 0.318. The molecule has 1 aromatic heterocycles. The molecule has 0 saturated carbocycles. The number of halogens is 1. The van der Waals surface area contributed by atoms with Gasteiger partial charge in [0.05, 0.1) is 6.54 Å². The van der Waals surface area contributed by atoms with Crippen LogP contribution >= 0.6 is 11.6 Å². The molecule has 29 heavy (non-hydrogen) atoms. The Morgan fingerprint density at radius 3 is 2.55 bits per heavy atom. The van der Waals surface area contributed by atoms with Crippen molar-refractivity contribution in [1.29, 1.82) is 0 Å². The SMILES string of the molecule is CCc1ccccc1OCC(=O)N(Cc1nnc(-c2ccc(Cl)cc2)o1)C(C)C. The molecule has 0 aliphatic rings. The second-order valence-electron chi connectivity index (χ2n) is 6.87. The van der Waals surface area contributed by atoms with E-state index in [-0.39, 0.29) is 25.1 Å². The Bertz CT molecular complexity index is 954.